The number of imidazole rings is 1. The van der Waals surface area contributed by atoms with Crippen LogP contribution in [0.2, 0.25) is 0 Å². The average Bonchev–Trinajstić information content (AvgIpc) is 2.69. The van der Waals surface area contributed by atoms with Crippen LogP contribution in [-0.4, -0.2) is 29.7 Å². The first-order valence-corrected chi connectivity index (χ1v) is 4.74. The molecule has 0 radical (unpaired) electrons. The van der Waals surface area contributed by atoms with E-state index in [9.17, 15) is 4.79 Å². The molecule has 0 amide bonds. The van der Waals surface area contributed by atoms with Crippen LogP contribution in [0.4, 0.5) is 0 Å². The van der Waals surface area contributed by atoms with Crippen molar-refractivity contribution in [2.75, 3.05) is 14.2 Å². The molecule has 0 spiro atoms. The molecule has 2 rings (SSSR count). The van der Waals surface area contributed by atoms with Gasteiger partial charge >= 0.3 is 5.97 Å². The van der Waals surface area contributed by atoms with E-state index >= 15 is 0 Å². The fourth-order valence-corrected chi connectivity index (χ4v) is 1.64. The number of methoxy groups -OCH3 is 2. The summed E-state index contributed by atoms with van der Waals surface area (Å²) >= 11 is 0. The molecular formula is C11H12N2O3. The Morgan fingerprint density at radius 1 is 1.38 bits per heavy atom. The van der Waals surface area contributed by atoms with Gasteiger partial charge in [0, 0.05) is 7.05 Å². The largest absolute Gasteiger partial charge is 0.494 e. The molecule has 5 heteroatoms. The zero-order chi connectivity index (χ0) is 11.7. The highest BCUT2D eigenvalue weighted by Gasteiger charge is 2.13. The number of carbonyl (C=O) groups is 1. The van der Waals surface area contributed by atoms with Crippen molar-refractivity contribution >= 4 is 17.0 Å². The van der Waals surface area contributed by atoms with E-state index in [1.165, 1.54) is 7.11 Å². The summed E-state index contributed by atoms with van der Waals surface area (Å²) in [5.41, 5.74) is 2.00. The van der Waals surface area contributed by atoms with E-state index in [1.54, 1.807) is 25.6 Å². The van der Waals surface area contributed by atoms with Crippen LogP contribution in [0.1, 0.15) is 10.4 Å². The Bertz CT molecular complexity index is 545. The summed E-state index contributed by atoms with van der Waals surface area (Å²) in [6.07, 6.45) is 1.67. The Balaban J connectivity index is 2.69. The third kappa shape index (κ3) is 1.50. The van der Waals surface area contributed by atoms with Gasteiger partial charge in [-0.3, -0.25) is 0 Å². The second-order valence-electron chi connectivity index (χ2n) is 3.39. The molecule has 5 nitrogen and oxygen atoms in total. The predicted molar refractivity (Wildman–Crippen MR) is 58.6 cm³/mol. The number of hydrogen-bond donors (Lipinski definition) is 0. The summed E-state index contributed by atoms with van der Waals surface area (Å²) in [7, 11) is 4.77. The first-order chi connectivity index (χ1) is 7.67. The first kappa shape index (κ1) is 10.5. The van der Waals surface area contributed by atoms with E-state index in [4.69, 9.17) is 4.74 Å². The topological polar surface area (TPSA) is 53.4 Å². The molecule has 0 bridgehead atoms. The van der Waals surface area contributed by atoms with Crippen LogP contribution in [0.5, 0.6) is 5.75 Å². The minimum Gasteiger partial charge on any atom is -0.494 e. The molecule has 0 saturated heterocycles. The van der Waals surface area contributed by atoms with Gasteiger partial charge in [0.25, 0.3) is 0 Å². The summed E-state index contributed by atoms with van der Waals surface area (Å²) in [6, 6.07) is 3.33. The van der Waals surface area contributed by atoms with Crippen LogP contribution < -0.4 is 4.74 Å². The van der Waals surface area contributed by atoms with Crippen LogP contribution in [0.25, 0.3) is 11.0 Å². The molecule has 2 aromatic rings. The van der Waals surface area contributed by atoms with E-state index in [2.05, 4.69) is 9.72 Å². The van der Waals surface area contributed by atoms with Crippen molar-refractivity contribution in [2.45, 2.75) is 0 Å². The summed E-state index contributed by atoms with van der Waals surface area (Å²) in [6.45, 7) is 0. The van der Waals surface area contributed by atoms with Gasteiger partial charge in [0.1, 0.15) is 11.3 Å². The summed E-state index contributed by atoms with van der Waals surface area (Å²) in [5.74, 6) is 0.212. The maximum atomic E-state index is 11.4. The summed E-state index contributed by atoms with van der Waals surface area (Å²) in [5, 5.41) is 0. The van der Waals surface area contributed by atoms with E-state index < -0.39 is 5.97 Å². The van der Waals surface area contributed by atoms with Crippen molar-refractivity contribution < 1.29 is 14.3 Å². The smallest absolute Gasteiger partial charge is 0.338 e. The fourth-order valence-electron chi connectivity index (χ4n) is 1.64. The number of aromatic nitrogens is 2. The van der Waals surface area contributed by atoms with Crippen LogP contribution in [0, 0.1) is 0 Å². The van der Waals surface area contributed by atoms with E-state index in [1.807, 2.05) is 11.6 Å². The lowest BCUT2D eigenvalue weighted by Gasteiger charge is -2.06. The zero-order valence-corrected chi connectivity index (χ0v) is 9.35. The maximum Gasteiger partial charge on any atom is 0.338 e. The fraction of sp³-hybridized carbons (Fsp3) is 0.273. The summed E-state index contributed by atoms with van der Waals surface area (Å²) in [4.78, 5) is 15.6. The van der Waals surface area contributed by atoms with Crippen LogP contribution in [0.3, 0.4) is 0 Å². The van der Waals surface area contributed by atoms with Crippen LogP contribution in [0.15, 0.2) is 18.5 Å². The highest BCUT2D eigenvalue weighted by molar-refractivity contribution is 5.96. The zero-order valence-electron chi connectivity index (χ0n) is 9.35. The monoisotopic (exact) mass is 220 g/mol. The van der Waals surface area contributed by atoms with Crippen molar-refractivity contribution in [2.24, 2.45) is 7.05 Å². The lowest BCUT2D eigenvalue weighted by Crippen LogP contribution is -2.02. The highest BCUT2D eigenvalue weighted by Crippen LogP contribution is 2.26. The highest BCUT2D eigenvalue weighted by atomic mass is 16.5. The molecule has 16 heavy (non-hydrogen) atoms. The summed E-state index contributed by atoms with van der Waals surface area (Å²) < 4.78 is 11.7. The molecule has 1 aromatic carbocycles. The Hall–Kier alpha value is -2.04. The minimum atomic E-state index is -0.397. The Morgan fingerprint density at radius 3 is 2.75 bits per heavy atom. The molecule has 0 aliphatic heterocycles. The predicted octanol–water partition coefficient (Wildman–Crippen LogP) is 1.37. The van der Waals surface area contributed by atoms with Gasteiger partial charge in [-0.25, -0.2) is 9.78 Å². The number of esters is 1. The van der Waals surface area contributed by atoms with E-state index in [0.29, 0.717) is 16.8 Å². The first-order valence-electron chi connectivity index (χ1n) is 4.74. The van der Waals surface area contributed by atoms with Gasteiger partial charge in [-0.15, -0.1) is 0 Å². The van der Waals surface area contributed by atoms with Crippen molar-refractivity contribution in [3.63, 3.8) is 0 Å². The number of carbonyl (C=O) groups excluding carboxylic acids is 1. The third-order valence-electron chi connectivity index (χ3n) is 2.42. The molecule has 0 atom stereocenters. The number of benzene rings is 1. The second kappa shape index (κ2) is 3.84. The Morgan fingerprint density at radius 2 is 2.12 bits per heavy atom. The van der Waals surface area contributed by atoms with Gasteiger partial charge in [0.15, 0.2) is 0 Å². The molecule has 84 valence electrons. The molecular weight excluding hydrogens is 208 g/mol. The van der Waals surface area contributed by atoms with Crippen molar-refractivity contribution in [1.82, 2.24) is 9.55 Å². The van der Waals surface area contributed by atoms with Gasteiger partial charge in [0.05, 0.1) is 31.6 Å². The van der Waals surface area contributed by atoms with Crippen LogP contribution in [-0.2, 0) is 11.8 Å². The standard InChI is InChI=1S/C11H12N2O3/c1-13-6-12-8-4-7(11(14)16-3)5-9(15-2)10(8)13/h4-6H,1-3H3. The van der Waals surface area contributed by atoms with E-state index in [0.717, 1.165) is 5.52 Å². The molecule has 0 fully saturated rings. The Labute approximate surface area is 92.6 Å². The normalized spacial score (nSPS) is 10.4. The molecule has 0 unspecified atom stereocenters. The Kier molecular flexibility index (Phi) is 2.52. The van der Waals surface area contributed by atoms with Crippen molar-refractivity contribution in [1.29, 1.82) is 0 Å². The van der Waals surface area contributed by atoms with Crippen molar-refractivity contribution in [3.05, 3.63) is 24.0 Å². The molecule has 0 aliphatic rings. The maximum absolute atomic E-state index is 11.4. The van der Waals surface area contributed by atoms with E-state index in [-0.39, 0.29) is 0 Å². The lowest BCUT2D eigenvalue weighted by molar-refractivity contribution is 0.0600. The second-order valence-corrected chi connectivity index (χ2v) is 3.39. The van der Waals surface area contributed by atoms with Crippen LogP contribution >= 0.6 is 0 Å². The molecule has 1 aromatic heterocycles. The number of aryl methyl sites for hydroxylation is 1. The minimum absolute atomic E-state index is 0.397. The number of ether oxygens (including phenoxy) is 2. The lowest BCUT2D eigenvalue weighted by atomic mass is 10.2. The van der Waals surface area contributed by atoms with Crippen molar-refractivity contribution in [3.8, 4) is 5.75 Å². The van der Waals surface area contributed by atoms with Gasteiger partial charge in [-0.1, -0.05) is 0 Å². The van der Waals surface area contributed by atoms with Gasteiger partial charge in [-0.05, 0) is 12.1 Å². The molecule has 1 heterocycles. The number of nitrogens with zero attached hydrogens (tertiary/aromatic N) is 2. The SMILES string of the molecule is COC(=O)c1cc(OC)c2c(c1)ncn2C. The average molecular weight is 220 g/mol. The van der Waals surface area contributed by atoms with Gasteiger partial charge in [-0.2, -0.15) is 0 Å². The quantitative estimate of drug-likeness (QED) is 0.717. The van der Waals surface area contributed by atoms with Gasteiger partial charge in [0.2, 0.25) is 0 Å². The molecule has 0 N–H and O–H groups in total. The number of rotatable bonds is 2. The number of hydrogen-bond acceptors (Lipinski definition) is 4. The van der Waals surface area contributed by atoms with Gasteiger partial charge < -0.3 is 14.0 Å². The number of fused-ring (bicyclic) bond motifs is 1. The third-order valence-corrected chi connectivity index (χ3v) is 2.42. The molecule has 0 saturated carbocycles. The molecule has 0 aliphatic carbocycles.